The van der Waals surface area contributed by atoms with Gasteiger partial charge in [-0.2, -0.15) is 0 Å². The Balaban J connectivity index is 1.71. The Morgan fingerprint density at radius 1 is 1.44 bits per heavy atom. The van der Waals surface area contributed by atoms with Gasteiger partial charge in [0.05, 0.1) is 6.04 Å². The Hall–Kier alpha value is -0.610. The maximum atomic E-state index is 11.8. The lowest BCUT2D eigenvalue weighted by Crippen LogP contribution is -2.46. The van der Waals surface area contributed by atoms with E-state index in [1.54, 1.807) is 0 Å². The van der Waals surface area contributed by atoms with E-state index in [1.807, 2.05) is 0 Å². The Morgan fingerprint density at radius 2 is 2.31 bits per heavy atom. The molecule has 0 aromatic carbocycles. The number of carbonyl (C=O) groups is 1. The van der Waals surface area contributed by atoms with Gasteiger partial charge in [-0.3, -0.25) is 9.69 Å². The second-order valence-corrected chi connectivity index (χ2v) is 4.82. The van der Waals surface area contributed by atoms with E-state index in [0.717, 1.165) is 32.5 Å². The normalized spacial score (nSPS) is 30.8. The summed E-state index contributed by atoms with van der Waals surface area (Å²) in [6.07, 6.45) is 4.62. The van der Waals surface area contributed by atoms with Crippen molar-refractivity contribution in [3.8, 4) is 0 Å². The number of likely N-dealkylation sites (N-methyl/N-ethyl adjacent to an activating group) is 1. The van der Waals surface area contributed by atoms with Crippen molar-refractivity contribution in [2.45, 2.75) is 44.7 Å². The van der Waals surface area contributed by atoms with Gasteiger partial charge in [-0.05, 0) is 45.3 Å². The lowest BCUT2D eigenvalue weighted by molar-refractivity contribution is -0.123. The van der Waals surface area contributed by atoms with Gasteiger partial charge in [0.15, 0.2) is 0 Å². The van der Waals surface area contributed by atoms with Gasteiger partial charge < -0.3 is 10.6 Å². The maximum Gasteiger partial charge on any atom is 0.237 e. The van der Waals surface area contributed by atoms with Crippen LogP contribution in [0.3, 0.4) is 0 Å². The average molecular weight is 225 g/mol. The van der Waals surface area contributed by atoms with Crippen molar-refractivity contribution in [2.75, 3.05) is 26.2 Å². The van der Waals surface area contributed by atoms with Gasteiger partial charge >= 0.3 is 0 Å². The van der Waals surface area contributed by atoms with Crippen LogP contribution in [0.2, 0.25) is 0 Å². The molecule has 0 aromatic rings. The summed E-state index contributed by atoms with van der Waals surface area (Å²) >= 11 is 0. The molecule has 2 N–H and O–H groups in total. The fraction of sp³-hybridized carbons (Fsp3) is 0.917. The van der Waals surface area contributed by atoms with Crippen LogP contribution < -0.4 is 10.6 Å². The first-order chi connectivity index (χ1) is 7.81. The zero-order valence-corrected chi connectivity index (χ0v) is 10.2. The molecule has 16 heavy (non-hydrogen) atoms. The highest BCUT2D eigenvalue weighted by molar-refractivity contribution is 5.82. The Morgan fingerprint density at radius 3 is 3.00 bits per heavy atom. The smallest absolute Gasteiger partial charge is 0.237 e. The van der Waals surface area contributed by atoms with E-state index in [-0.39, 0.29) is 11.9 Å². The van der Waals surface area contributed by atoms with Crippen LogP contribution in [-0.2, 0) is 4.79 Å². The molecular formula is C12H23N3O. The number of likely N-dealkylation sites (tertiary alicyclic amines) is 1. The standard InChI is InChI=1S/C12H23N3O/c1-2-15-8-4-5-10(15)9-14-12(16)11-6-3-7-13-11/h10-11,13H,2-9H2,1H3,(H,14,16)/t10?,11-/m1/s1. The largest absolute Gasteiger partial charge is 0.353 e. The molecule has 1 unspecified atom stereocenters. The monoisotopic (exact) mass is 225 g/mol. The third-order valence-corrected chi connectivity index (χ3v) is 3.79. The first kappa shape index (κ1) is 11.9. The number of hydrogen-bond donors (Lipinski definition) is 2. The first-order valence-electron chi connectivity index (χ1n) is 6.56. The molecule has 0 bridgehead atoms. The maximum absolute atomic E-state index is 11.8. The van der Waals surface area contributed by atoms with Gasteiger partial charge in [-0.25, -0.2) is 0 Å². The van der Waals surface area contributed by atoms with Gasteiger partial charge in [0.2, 0.25) is 5.91 Å². The Bertz CT molecular complexity index is 238. The van der Waals surface area contributed by atoms with Crippen LogP contribution in [0.4, 0.5) is 0 Å². The Kier molecular flexibility index (Phi) is 4.18. The quantitative estimate of drug-likeness (QED) is 0.725. The van der Waals surface area contributed by atoms with Crippen molar-refractivity contribution in [2.24, 2.45) is 0 Å². The fourth-order valence-corrected chi connectivity index (χ4v) is 2.79. The molecule has 4 nitrogen and oxygen atoms in total. The molecule has 2 heterocycles. The molecular weight excluding hydrogens is 202 g/mol. The van der Waals surface area contributed by atoms with Crippen LogP contribution in [-0.4, -0.2) is 49.1 Å². The predicted molar refractivity (Wildman–Crippen MR) is 64.3 cm³/mol. The summed E-state index contributed by atoms with van der Waals surface area (Å²) in [6.45, 7) is 6.30. The molecule has 2 aliphatic heterocycles. The van der Waals surface area contributed by atoms with Crippen molar-refractivity contribution >= 4 is 5.91 Å². The molecule has 0 saturated carbocycles. The van der Waals surface area contributed by atoms with Crippen molar-refractivity contribution in [1.82, 2.24) is 15.5 Å². The second kappa shape index (κ2) is 5.64. The molecule has 0 aliphatic carbocycles. The van der Waals surface area contributed by atoms with Gasteiger partial charge in [0.25, 0.3) is 0 Å². The third-order valence-electron chi connectivity index (χ3n) is 3.79. The summed E-state index contributed by atoms with van der Waals surface area (Å²) in [6, 6.07) is 0.631. The van der Waals surface area contributed by atoms with Crippen molar-refractivity contribution in [3.05, 3.63) is 0 Å². The molecule has 2 fully saturated rings. The van der Waals surface area contributed by atoms with Crippen LogP contribution in [0, 0.1) is 0 Å². The summed E-state index contributed by atoms with van der Waals surface area (Å²) in [5, 5.41) is 6.32. The van der Waals surface area contributed by atoms with Crippen LogP contribution in [0.5, 0.6) is 0 Å². The number of carbonyl (C=O) groups excluding carboxylic acids is 1. The molecule has 0 radical (unpaired) electrons. The molecule has 0 spiro atoms. The number of nitrogens with zero attached hydrogens (tertiary/aromatic N) is 1. The number of hydrogen-bond acceptors (Lipinski definition) is 3. The number of amides is 1. The van der Waals surface area contributed by atoms with Crippen LogP contribution in [0.1, 0.15) is 32.6 Å². The average Bonchev–Trinajstić information content (AvgIpc) is 2.96. The van der Waals surface area contributed by atoms with E-state index in [2.05, 4.69) is 22.5 Å². The van der Waals surface area contributed by atoms with E-state index < -0.39 is 0 Å². The van der Waals surface area contributed by atoms with Gasteiger partial charge in [0.1, 0.15) is 0 Å². The molecule has 2 atom stereocenters. The SMILES string of the molecule is CCN1CCCC1CNC(=O)[C@H]1CCCN1. The minimum Gasteiger partial charge on any atom is -0.353 e. The van der Waals surface area contributed by atoms with Gasteiger partial charge in [-0.1, -0.05) is 6.92 Å². The summed E-state index contributed by atoms with van der Waals surface area (Å²) in [5.74, 6) is 0.195. The van der Waals surface area contributed by atoms with Crippen LogP contribution in [0.15, 0.2) is 0 Å². The van der Waals surface area contributed by atoms with Crippen molar-refractivity contribution < 1.29 is 4.79 Å². The highest BCUT2D eigenvalue weighted by atomic mass is 16.2. The molecule has 4 heteroatoms. The van der Waals surface area contributed by atoms with E-state index in [1.165, 1.54) is 19.4 Å². The van der Waals surface area contributed by atoms with Gasteiger partial charge in [-0.15, -0.1) is 0 Å². The fourth-order valence-electron chi connectivity index (χ4n) is 2.79. The molecule has 1 amide bonds. The summed E-state index contributed by atoms with van der Waals surface area (Å²) in [7, 11) is 0. The zero-order chi connectivity index (χ0) is 11.4. The number of rotatable bonds is 4. The summed E-state index contributed by atoms with van der Waals surface area (Å²) in [4.78, 5) is 14.3. The van der Waals surface area contributed by atoms with Gasteiger partial charge in [0, 0.05) is 12.6 Å². The highest BCUT2D eigenvalue weighted by Crippen LogP contribution is 2.15. The molecule has 2 saturated heterocycles. The van der Waals surface area contributed by atoms with E-state index in [4.69, 9.17) is 0 Å². The lowest BCUT2D eigenvalue weighted by Gasteiger charge is -2.23. The van der Waals surface area contributed by atoms with E-state index in [0.29, 0.717) is 6.04 Å². The van der Waals surface area contributed by atoms with E-state index in [9.17, 15) is 4.79 Å². The minimum absolute atomic E-state index is 0.0662. The van der Waals surface area contributed by atoms with Crippen molar-refractivity contribution in [1.29, 1.82) is 0 Å². The topological polar surface area (TPSA) is 44.4 Å². The Labute approximate surface area is 97.8 Å². The molecule has 2 aliphatic rings. The highest BCUT2D eigenvalue weighted by Gasteiger charge is 2.26. The lowest BCUT2D eigenvalue weighted by atomic mass is 10.2. The predicted octanol–water partition coefficient (Wildman–Crippen LogP) is 0.339. The van der Waals surface area contributed by atoms with Crippen LogP contribution in [0.25, 0.3) is 0 Å². The van der Waals surface area contributed by atoms with Crippen molar-refractivity contribution in [3.63, 3.8) is 0 Å². The van der Waals surface area contributed by atoms with Crippen LogP contribution >= 0.6 is 0 Å². The molecule has 92 valence electrons. The number of nitrogens with one attached hydrogen (secondary N) is 2. The minimum atomic E-state index is 0.0662. The first-order valence-corrected chi connectivity index (χ1v) is 6.56. The summed E-state index contributed by atoms with van der Waals surface area (Å²) in [5.41, 5.74) is 0. The molecule has 0 aromatic heterocycles. The zero-order valence-electron chi connectivity index (χ0n) is 10.2. The summed E-state index contributed by atoms with van der Waals surface area (Å²) < 4.78 is 0. The second-order valence-electron chi connectivity index (χ2n) is 4.82. The third kappa shape index (κ3) is 2.74. The molecule has 2 rings (SSSR count). The van der Waals surface area contributed by atoms with E-state index >= 15 is 0 Å².